The van der Waals surface area contributed by atoms with Crippen LogP contribution in [0.4, 0.5) is 0 Å². The van der Waals surface area contributed by atoms with Crippen molar-refractivity contribution >= 4 is 11.9 Å². The summed E-state index contributed by atoms with van der Waals surface area (Å²) >= 11 is 0. The molecule has 0 aromatic carbocycles. The molecule has 0 aliphatic carbocycles. The number of hydrogen-bond donors (Lipinski definition) is 0. The molecule has 0 spiro atoms. The minimum absolute atomic E-state index is 0. The molecule has 0 atom stereocenters. The average Bonchev–Trinajstić information content (AvgIpc) is 1.85. The quantitative estimate of drug-likeness (QED) is 0.395. The number of hydrogen-bond acceptors (Lipinski definition) is 4. The van der Waals surface area contributed by atoms with Crippen molar-refractivity contribution in [2.75, 3.05) is 0 Å². The van der Waals surface area contributed by atoms with E-state index in [0.717, 1.165) is 0 Å². The van der Waals surface area contributed by atoms with Gasteiger partial charge in [0.05, 0.1) is 0 Å². The van der Waals surface area contributed by atoms with Crippen molar-refractivity contribution in [3.63, 3.8) is 0 Å². The van der Waals surface area contributed by atoms with Crippen LogP contribution < -0.4 is 10.2 Å². The number of carboxylic acids is 2. The summed E-state index contributed by atoms with van der Waals surface area (Å²) in [6.07, 6.45) is 1.58. The van der Waals surface area contributed by atoms with Gasteiger partial charge in [0.15, 0.2) is 0 Å². The van der Waals surface area contributed by atoms with Crippen LogP contribution in [0.5, 0.6) is 0 Å². The number of carboxylic acid groups (broad SMARTS) is 2. The van der Waals surface area contributed by atoms with Crippen molar-refractivity contribution in [1.29, 1.82) is 0 Å². The number of carbonyl (C=O) groups is 2. The van der Waals surface area contributed by atoms with Gasteiger partial charge in [-0.2, -0.15) is 0 Å². The Balaban J connectivity index is 0. The van der Waals surface area contributed by atoms with E-state index in [1.807, 2.05) is 0 Å². The van der Waals surface area contributed by atoms with Crippen molar-refractivity contribution in [2.24, 2.45) is 0 Å². The Hall–Kier alpha value is -0.541. The molecule has 12 heavy (non-hydrogen) atoms. The van der Waals surface area contributed by atoms with Crippen LogP contribution in [0.2, 0.25) is 0 Å². The van der Waals surface area contributed by atoms with Gasteiger partial charge in [-0.25, -0.2) is 0 Å². The summed E-state index contributed by atoms with van der Waals surface area (Å²) in [6.45, 7) is 0. The monoisotopic (exact) mass is 214 g/mol. The first kappa shape index (κ1) is 14.0. The molecule has 0 N–H and O–H groups in total. The SMILES string of the molecule is O=C([O-])CCCCCC(=O)[O-].[Fe+2]. The van der Waals surface area contributed by atoms with Crippen LogP contribution in [-0.2, 0) is 26.7 Å². The third kappa shape index (κ3) is 12.2. The summed E-state index contributed by atoms with van der Waals surface area (Å²) in [4.78, 5) is 19.7. The summed E-state index contributed by atoms with van der Waals surface area (Å²) in [5.41, 5.74) is 0. The minimum atomic E-state index is -1.08. The molecular weight excluding hydrogens is 204 g/mol. The summed E-state index contributed by atoms with van der Waals surface area (Å²) in [6, 6.07) is 0. The Kier molecular flexibility index (Phi) is 9.99. The molecule has 4 nitrogen and oxygen atoms in total. The van der Waals surface area contributed by atoms with E-state index in [4.69, 9.17) is 0 Å². The molecule has 0 aromatic rings. The zero-order chi connectivity index (χ0) is 8.69. The van der Waals surface area contributed by atoms with Crippen LogP contribution in [0.15, 0.2) is 0 Å². The molecule has 0 heterocycles. The van der Waals surface area contributed by atoms with Gasteiger partial charge < -0.3 is 19.8 Å². The Labute approximate surface area is 81.4 Å². The molecule has 70 valence electrons. The van der Waals surface area contributed by atoms with E-state index >= 15 is 0 Å². The summed E-state index contributed by atoms with van der Waals surface area (Å²) in [5, 5.41) is 19.7. The van der Waals surface area contributed by atoms with Gasteiger partial charge in [-0.15, -0.1) is 0 Å². The standard InChI is InChI=1S/C7H12O4.Fe/c8-6(9)4-2-1-3-5-7(10)11;/h1-5H2,(H,8,9)(H,10,11);/q;+2/p-2. The van der Waals surface area contributed by atoms with Crippen LogP contribution in [0, 0.1) is 0 Å². The first-order chi connectivity index (χ1) is 5.13. The van der Waals surface area contributed by atoms with Crippen LogP contribution >= 0.6 is 0 Å². The number of aliphatic carboxylic acids is 2. The summed E-state index contributed by atoms with van der Waals surface area (Å²) < 4.78 is 0. The Morgan fingerprint density at radius 2 is 1.17 bits per heavy atom. The predicted octanol–water partition coefficient (Wildman–Crippen LogP) is -1.57. The fourth-order valence-electron chi connectivity index (χ4n) is 0.715. The molecule has 0 saturated heterocycles. The molecule has 0 radical (unpaired) electrons. The smallest absolute Gasteiger partial charge is 0.550 e. The van der Waals surface area contributed by atoms with Gasteiger partial charge in [0, 0.05) is 11.9 Å². The normalized spacial score (nSPS) is 8.67. The molecule has 5 heteroatoms. The number of rotatable bonds is 6. The van der Waals surface area contributed by atoms with Crippen molar-refractivity contribution in [3.05, 3.63) is 0 Å². The second-order valence-electron chi connectivity index (χ2n) is 2.30. The van der Waals surface area contributed by atoms with Gasteiger partial charge in [0.1, 0.15) is 0 Å². The molecule has 0 aliphatic heterocycles. The third-order valence-corrected chi connectivity index (χ3v) is 1.26. The first-order valence-electron chi connectivity index (χ1n) is 3.52. The van der Waals surface area contributed by atoms with Gasteiger partial charge in [0.2, 0.25) is 0 Å². The van der Waals surface area contributed by atoms with Gasteiger partial charge in [-0.3, -0.25) is 0 Å². The molecule has 0 saturated carbocycles. The molecule has 0 unspecified atom stereocenters. The number of carbonyl (C=O) groups excluding carboxylic acids is 2. The van der Waals surface area contributed by atoms with E-state index in [9.17, 15) is 19.8 Å². The Bertz CT molecular complexity index is 130. The summed E-state index contributed by atoms with van der Waals surface area (Å²) in [5.74, 6) is -2.17. The maximum Gasteiger partial charge on any atom is 2.00 e. The Morgan fingerprint density at radius 1 is 0.833 bits per heavy atom. The zero-order valence-corrected chi connectivity index (χ0v) is 7.63. The van der Waals surface area contributed by atoms with Gasteiger partial charge >= 0.3 is 17.1 Å². The fourth-order valence-corrected chi connectivity index (χ4v) is 0.715. The number of unbranched alkanes of at least 4 members (excludes halogenated alkanes) is 2. The van der Waals surface area contributed by atoms with E-state index in [-0.39, 0.29) is 29.9 Å². The fraction of sp³-hybridized carbons (Fsp3) is 0.714. The van der Waals surface area contributed by atoms with E-state index in [0.29, 0.717) is 19.3 Å². The van der Waals surface area contributed by atoms with E-state index in [2.05, 4.69) is 0 Å². The van der Waals surface area contributed by atoms with Crippen LogP contribution in [-0.4, -0.2) is 11.9 Å². The average molecular weight is 214 g/mol. The van der Waals surface area contributed by atoms with Crippen LogP contribution in [0.1, 0.15) is 32.1 Å². The predicted molar refractivity (Wildman–Crippen MR) is 33.1 cm³/mol. The second-order valence-corrected chi connectivity index (χ2v) is 2.30. The van der Waals surface area contributed by atoms with E-state index < -0.39 is 11.9 Å². The maximum absolute atomic E-state index is 9.86. The van der Waals surface area contributed by atoms with Crippen LogP contribution in [0.3, 0.4) is 0 Å². The molecule has 0 rings (SSSR count). The van der Waals surface area contributed by atoms with Gasteiger partial charge in [-0.1, -0.05) is 6.42 Å². The molecule has 0 fully saturated rings. The Morgan fingerprint density at radius 3 is 1.42 bits per heavy atom. The van der Waals surface area contributed by atoms with Crippen molar-refractivity contribution in [2.45, 2.75) is 32.1 Å². The van der Waals surface area contributed by atoms with Crippen molar-refractivity contribution < 1.29 is 36.9 Å². The van der Waals surface area contributed by atoms with Gasteiger partial charge in [-0.05, 0) is 25.7 Å². The first-order valence-corrected chi connectivity index (χ1v) is 3.52. The second kappa shape index (κ2) is 8.56. The minimum Gasteiger partial charge on any atom is -0.550 e. The third-order valence-electron chi connectivity index (χ3n) is 1.26. The molecule has 0 bridgehead atoms. The van der Waals surface area contributed by atoms with E-state index in [1.54, 1.807) is 0 Å². The van der Waals surface area contributed by atoms with Crippen molar-refractivity contribution in [1.82, 2.24) is 0 Å². The maximum atomic E-state index is 9.86. The van der Waals surface area contributed by atoms with Crippen molar-refractivity contribution in [3.8, 4) is 0 Å². The molecular formula is C7H10FeO4. The van der Waals surface area contributed by atoms with Gasteiger partial charge in [0.25, 0.3) is 0 Å². The molecule has 0 aliphatic rings. The molecule has 0 aromatic heterocycles. The van der Waals surface area contributed by atoms with E-state index in [1.165, 1.54) is 0 Å². The largest absolute Gasteiger partial charge is 2.00 e. The topological polar surface area (TPSA) is 80.3 Å². The molecule has 0 amide bonds. The van der Waals surface area contributed by atoms with Crippen LogP contribution in [0.25, 0.3) is 0 Å². The summed E-state index contributed by atoms with van der Waals surface area (Å²) in [7, 11) is 0. The zero-order valence-electron chi connectivity index (χ0n) is 6.52.